The number of hydrogen-bond acceptors (Lipinski definition) is 16. The highest BCUT2D eigenvalue weighted by Gasteiger charge is 2.77. The number of aromatic amines is 2. The van der Waals surface area contributed by atoms with E-state index in [1.165, 1.54) is 6.07 Å². The Morgan fingerprint density at radius 2 is 1.70 bits per heavy atom. The van der Waals surface area contributed by atoms with Gasteiger partial charge in [-0.15, -0.1) is 5.92 Å². The summed E-state index contributed by atoms with van der Waals surface area (Å²) in [7, 11) is 0. The van der Waals surface area contributed by atoms with Crippen molar-refractivity contribution >= 4 is 45.6 Å². The van der Waals surface area contributed by atoms with Crippen LogP contribution in [0.15, 0.2) is 84.5 Å². The van der Waals surface area contributed by atoms with Crippen LogP contribution in [0, 0.1) is 58.7 Å². The van der Waals surface area contributed by atoms with Crippen LogP contribution in [0.4, 0.5) is 5.82 Å². The van der Waals surface area contributed by atoms with Gasteiger partial charge in [-0.05, 0) is 201 Å². The number of H-pyrrole nitrogens is 2. The fraction of sp³-hybridized carbons (Fsp3) is 0.500. The molecule has 5 aliphatic heterocycles. The number of aliphatic hydroxyl groups excluding tert-OH is 5. The highest BCUT2D eigenvalue weighted by atomic mass is 16.7. The average molecular weight is 1290 g/mol. The van der Waals surface area contributed by atoms with Crippen LogP contribution in [0.5, 0.6) is 11.5 Å². The monoisotopic (exact) mass is 1290 g/mol. The number of anilines is 1. The van der Waals surface area contributed by atoms with Gasteiger partial charge < -0.3 is 66.4 Å². The first-order valence-electron chi connectivity index (χ1n) is 35.4. The maximum Gasteiger partial charge on any atom is 0.261 e. The van der Waals surface area contributed by atoms with Crippen molar-refractivity contribution in [2.75, 3.05) is 11.9 Å². The molecule has 0 unspecified atom stereocenters. The van der Waals surface area contributed by atoms with Crippen molar-refractivity contribution in [1.29, 1.82) is 0 Å². The second-order valence-corrected chi connectivity index (χ2v) is 31.9. The minimum absolute atomic E-state index is 0.00221. The van der Waals surface area contributed by atoms with Crippen molar-refractivity contribution in [2.45, 2.75) is 194 Å². The van der Waals surface area contributed by atoms with Gasteiger partial charge in [0, 0.05) is 93.6 Å². The fourth-order valence-electron chi connectivity index (χ4n) is 24.0. The number of nitrogens with zero attached hydrogens (tertiary/aromatic N) is 2. The molecule has 15 aliphatic rings. The van der Waals surface area contributed by atoms with E-state index < -0.39 is 86.8 Å². The molecule has 0 amide bonds. The van der Waals surface area contributed by atoms with Gasteiger partial charge in [-0.25, -0.2) is 9.97 Å². The number of pyridine rings is 1. The van der Waals surface area contributed by atoms with Gasteiger partial charge in [-0.2, -0.15) is 0 Å². The molecule has 8 heterocycles. The summed E-state index contributed by atoms with van der Waals surface area (Å²) in [6.45, 7) is 1.67. The number of carbonyl (C=O) groups is 3. The molecular formula is C78H79N7O11. The van der Waals surface area contributed by atoms with Crippen LogP contribution < -0.4 is 21.1 Å². The maximum absolute atomic E-state index is 15.6. The van der Waals surface area contributed by atoms with E-state index in [0.29, 0.717) is 97.4 Å². The Hall–Kier alpha value is -7.73. The zero-order valence-corrected chi connectivity index (χ0v) is 53.7. The lowest BCUT2D eigenvalue weighted by Crippen LogP contribution is -2.79. The highest BCUT2D eigenvalue weighted by Crippen LogP contribution is 2.75. The second-order valence-electron chi connectivity index (χ2n) is 31.9. The van der Waals surface area contributed by atoms with E-state index in [1.807, 2.05) is 12.5 Å². The molecule has 18 heteroatoms. The fourth-order valence-corrected chi connectivity index (χ4v) is 24.0. The van der Waals surface area contributed by atoms with Crippen molar-refractivity contribution in [2.24, 2.45) is 45.7 Å². The number of aryl methyl sites for hydroxylation is 1. The summed E-state index contributed by atoms with van der Waals surface area (Å²) < 4.78 is 15.2. The second kappa shape index (κ2) is 19.6. The zero-order chi connectivity index (χ0) is 65.1. The van der Waals surface area contributed by atoms with Gasteiger partial charge in [-0.1, -0.05) is 49.0 Å². The Morgan fingerprint density at radius 1 is 0.844 bits per heavy atom. The number of rotatable bonds is 2. The molecule has 10 aliphatic carbocycles. The van der Waals surface area contributed by atoms with Crippen LogP contribution in [0.25, 0.3) is 22.4 Å². The van der Waals surface area contributed by atoms with E-state index in [4.69, 9.17) is 25.2 Å². The number of benzene rings is 3. The maximum atomic E-state index is 15.6. The lowest BCUT2D eigenvalue weighted by molar-refractivity contribution is -0.366. The molecule has 21 rings (SSSR count). The van der Waals surface area contributed by atoms with Crippen LogP contribution in [0.1, 0.15) is 210 Å². The van der Waals surface area contributed by atoms with Crippen molar-refractivity contribution in [3.63, 3.8) is 0 Å². The summed E-state index contributed by atoms with van der Waals surface area (Å²) in [5.41, 5.74) is 10.2. The molecule has 17 atom stereocenters. The summed E-state index contributed by atoms with van der Waals surface area (Å²) in [5.74, 6) is 3.05. The first-order chi connectivity index (χ1) is 46.4. The Labute approximate surface area is 554 Å². The standard InChI is InChI=1S/C78H79N7O11/c1-37-24-48-56(52(87)25-37)63(90)58-53-29-47-46(57(58)62(48)89)15-23-81-70(47)82-34-55(88)75-19-12-39-6-4-7-41-8-5-9-42-31-74(18-13-44(86)28-43(74)27-38-10-11-45-40(26-38)14-22-80-69(45)79)65-66(84-36-83-65)77(41,42)54-30-49(59(39)75)61(85-54)50-32-76(95-53)67(92)64(91)68(93)78(96-76)60(50)51(75)33-73(71(78)94)21-20-72(35-73)16-2-3-17-72/h10-11,14-15,22-26,29-30,32,36,39,41-43,55,59,64,67-69,71,80,85,87-88,91-94H,2-3,5,7-9,12-13,16-21,27-28,31,33-35,79H2,1H3,(H,81,82)(H,83,84)/t39-,41-,42+,43+,55+,59+,64-,67-,68+,69+,71+,73+,74+,75-,76-,77+,78+/m1/s1. The van der Waals surface area contributed by atoms with Gasteiger partial charge in [0.2, 0.25) is 5.78 Å². The van der Waals surface area contributed by atoms with Crippen LogP contribution in [0.3, 0.4) is 0 Å². The molecule has 18 nitrogen and oxygen atoms in total. The molecule has 6 fully saturated rings. The number of aliphatic hydroxyl groups is 5. The third-order valence-electron chi connectivity index (χ3n) is 27.8. The largest absolute Gasteiger partial charge is 0.507 e. The normalized spacial score (nSPS) is 38.8. The number of hydrogen-bond donors (Lipinski definition) is 11. The minimum atomic E-state index is -2.54. The number of nitrogens with one attached hydrogen (secondary N) is 4. The molecular weight excluding hydrogens is 1210 g/mol. The van der Waals surface area contributed by atoms with E-state index in [0.717, 1.165) is 103 Å². The zero-order valence-electron chi connectivity index (χ0n) is 53.7. The van der Waals surface area contributed by atoms with E-state index >= 15 is 9.59 Å². The predicted octanol–water partition coefficient (Wildman–Crippen LogP) is 9.07. The number of aromatic nitrogens is 4. The smallest absolute Gasteiger partial charge is 0.261 e. The Balaban J connectivity index is 0.854. The van der Waals surface area contributed by atoms with Crippen molar-refractivity contribution in [3.05, 3.63) is 157 Å². The van der Waals surface area contributed by atoms with E-state index in [2.05, 4.69) is 62.8 Å². The van der Waals surface area contributed by atoms with Crippen molar-refractivity contribution in [1.82, 2.24) is 25.3 Å². The molecule has 7 spiro atoms. The van der Waals surface area contributed by atoms with Gasteiger partial charge in [0.25, 0.3) is 5.79 Å². The number of phenolic OH excluding ortho intramolecular Hbond substituents is 1. The molecule has 12 N–H and O–H groups in total. The molecule has 6 aromatic rings. The van der Waals surface area contributed by atoms with Crippen LogP contribution in [0.2, 0.25) is 0 Å². The summed E-state index contributed by atoms with van der Waals surface area (Å²) in [5, 5.41) is 88.1. The molecule has 96 heavy (non-hydrogen) atoms. The Bertz CT molecular complexity index is 4700. The summed E-state index contributed by atoms with van der Waals surface area (Å²) in [6.07, 6.45) is 13.6. The quantitative estimate of drug-likeness (QED) is 0.0720. The molecule has 492 valence electrons. The topological polar surface area (TPSA) is 298 Å². The molecule has 5 saturated carbocycles. The van der Waals surface area contributed by atoms with E-state index in [9.17, 15) is 35.4 Å². The third kappa shape index (κ3) is 7.15. The van der Waals surface area contributed by atoms with Crippen LogP contribution >= 0.6 is 0 Å². The van der Waals surface area contributed by atoms with Gasteiger partial charge in [-0.3, -0.25) is 14.4 Å². The van der Waals surface area contributed by atoms with Crippen molar-refractivity contribution in [3.8, 4) is 23.3 Å². The summed E-state index contributed by atoms with van der Waals surface area (Å²) in [6, 6.07) is 15.1. The summed E-state index contributed by atoms with van der Waals surface area (Å²) >= 11 is 0. The minimum Gasteiger partial charge on any atom is -0.507 e. The van der Waals surface area contributed by atoms with Crippen molar-refractivity contribution < 1.29 is 54.5 Å². The van der Waals surface area contributed by atoms with Crippen LogP contribution in [-0.2, 0) is 26.8 Å². The van der Waals surface area contributed by atoms with Gasteiger partial charge in [0.1, 0.15) is 41.5 Å². The number of Topliss-reactive ketones (excluding diaryl/α,β-unsaturated/α-hetero) is 1. The lowest BCUT2D eigenvalue weighted by Gasteiger charge is -2.64. The number of ether oxygens (including phenoxy) is 2. The number of nitrogens with two attached hydrogens (primary N) is 1. The first kappa shape index (κ1) is 58.4. The molecule has 3 aromatic carbocycles. The third-order valence-corrected chi connectivity index (χ3v) is 27.8. The lowest BCUT2D eigenvalue weighted by atomic mass is 9.45. The number of fused-ring (bicyclic) bond motifs is 9. The number of phenols is 1. The molecule has 3 aromatic heterocycles. The summed E-state index contributed by atoms with van der Waals surface area (Å²) in [4.78, 5) is 63.6. The number of ketones is 3. The highest BCUT2D eigenvalue weighted by molar-refractivity contribution is 6.34. The molecule has 10 bridgehead atoms. The first-order valence-corrected chi connectivity index (χ1v) is 35.4. The predicted molar refractivity (Wildman–Crippen MR) is 353 cm³/mol. The Morgan fingerprint density at radius 3 is 2.56 bits per heavy atom. The van der Waals surface area contributed by atoms with E-state index in [1.54, 1.807) is 37.4 Å². The number of aromatic hydroxyl groups is 1. The average Bonchev–Trinajstić information content (AvgIpc) is 1.27. The van der Waals surface area contributed by atoms with Gasteiger partial charge in [0.15, 0.2) is 17.5 Å². The Kier molecular flexibility index (Phi) is 11.9. The van der Waals surface area contributed by atoms with Gasteiger partial charge >= 0.3 is 0 Å². The van der Waals surface area contributed by atoms with Gasteiger partial charge in [0.05, 0.1) is 46.5 Å². The SMILES string of the molecule is Cc1cc(O)c2c(c1)C(=O)c1c(c3cc4c(nccc14)NC[C@H](O)[C@@]14CC[C@H]5C#CC[C@@H]6CCC[C@H]7C[C@]8(CCC(=O)C[C@@H]8Cc8ccc9c(c8)C=CN[C@@H]9N)c8nc[nH]c8[C@@]67c6cc(c([nH]6)C6=C[C@@]7(O3)O[C@@]3(C6=C1C[C@]1(CCC6(CCCC6)C1)[C@@H]3O)[C@@H](O)[C@H](O)[C@H]7O)[C@H]54)C2=O. The van der Waals surface area contributed by atoms with Crippen LogP contribution in [-0.4, -0.2) is 116 Å². The molecule has 1 saturated heterocycles. The van der Waals surface area contributed by atoms with E-state index in [-0.39, 0.29) is 81.4 Å². The molecule has 0 radical (unpaired) electrons. The number of carbonyl (C=O) groups excluding carboxylic acids is 3. The number of imidazole rings is 1.